The van der Waals surface area contributed by atoms with E-state index in [4.69, 9.17) is 9.47 Å². The zero-order valence-corrected chi connectivity index (χ0v) is 32.1. The average Bonchev–Trinajstić information content (AvgIpc) is 3.13. The Bertz CT molecular complexity index is 1660. The first-order chi connectivity index (χ1) is 25.4. The van der Waals surface area contributed by atoms with Gasteiger partial charge < -0.3 is 19.9 Å². The number of phenols is 1. The van der Waals surface area contributed by atoms with E-state index in [0.29, 0.717) is 18.4 Å². The van der Waals surface area contributed by atoms with E-state index in [2.05, 4.69) is 17.0 Å². The maximum atomic E-state index is 13.8. The van der Waals surface area contributed by atoms with Crippen LogP contribution in [0.4, 0.5) is 8.78 Å². The van der Waals surface area contributed by atoms with Crippen molar-refractivity contribution >= 4 is 21.9 Å². The van der Waals surface area contributed by atoms with Crippen molar-refractivity contribution in [3.8, 4) is 11.5 Å². The molecule has 12 heteroatoms. The van der Waals surface area contributed by atoms with Crippen molar-refractivity contribution in [2.24, 2.45) is 0 Å². The molecule has 0 saturated carbocycles. The van der Waals surface area contributed by atoms with Gasteiger partial charge in [0.2, 0.25) is 15.9 Å². The minimum absolute atomic E-state index is 0.0264. The Balaban J connectivity index is 1.56. The second-order valence-electron chi connectivity index (χ2n) is 13.5. The molecule has 53 heavy (non-hydrogen) atoms. The van der Waals surface area contributed by atoms with Crippen LogP contribution in [0, 0.1) is 0 Å². The van der Waals surface area contributed by atoms with E-state index in [1.54, 1.807) is 24.3 Å². The molecule has 0 aliphatic carbocycles. The van der Waals surface area contributed by atoms with E-state index in [1.807, 2.05) is 0 Å². The Kier molecular flexibility index (Phi) is 18.2. The highest BCUT2D eigenvalue weighted by Crippen LogP contribution is 2.29. The molecule has 1 unspecified atom stereocenters. The van der Waals surface area contributed by atoms with Gasteiger partial charge in [-0.15, -0.1) is 0 Å². The number of unbranched alkanes of at least 4 members (excludes halogenated alkanes) is 10. The smallest absolute Gasteiger partial charge is 0.345 e. The number of hydrogen-bond acceptors (Lipinski definition) is 7. The van der Waals surface area contributed by atoms with Crippen molar-refractivity contribution in [2.45, 2.75) is 121 Å². The molecule has 0 spiro atoms. The molecule has 3 N–H and O–H groups in total. The van der Waals surface area contributed by atoms with Gasteiger partial charge in [-0.05, 0) is 67.5 Å². The average molecular weight is 759 g/mol. The third-order valence-electron chi connectivity index (χ3n) is 9.09. The fraction of sp³-hybridized carbons (Fsp3) is 0.512. The number of aryl methyl sites for hydroxylation is 1. The SMILES string of the molecule is CCCCCCCCCCCCc1ccc(S(=O)(=O)NC(Cc2ccc(C(C)(F)F)cc2)C(=O)NCCCCOc2cccc(O)c2C(=O)OC)cc1. The predicted octanol–water partition coefficient (Wildman–Crippen LogP) is 8.62. The molecule has 0 saturated heterocycles. The van der Waals surface area contributed by atoms with Crippen molar-refractivity contribution in [1.82, 2.24) is 10.0 Å². The molecule has 3 aromatic rings. The third-order valence-corrected chi connectivity index (χ3v) is 10.6. The minimum atomic E-state index is -4.11. The van der Waals surface area contributed by atoms with E-state index < -0.39 is 33.9 Å². The number of sulfonamides is 1. The molecular weight excluding hydrogens is 703 g/mol. The first-order valence-electron chi connectivity index (χ1n) is 18.7. The van der Waals surface area contributed by atoms with Crippen LogP contribution >= 0.6 is 0 Å². The summed E-state index contributed by atoms with van der Waals surface area (Å²) in [7, 11) is -2.91. The third kappa shape index (κ3) is 15.1. The summed E-state index contributed by atoms with van der Waals surface area (Å²) in [5.74, 6) is -4.46. The van der Waals surface area contributed by atoms with Gasteiger partial charge in [-0.1, -0.05) is 107 Å². The highest BCUT2D eigenvalue weighted by Gasteiger charge is 2.28. The van der Waals surface area contributed by atoms with Gasteiger partial charge in [0.05, 0.1) is 18.6 Å². The summed E-state index contributed by atoms with van der Waals surface area (Å²) in [6.45, 7) is 3.38. The van der Waals surface area contributed by atoms with Gasteiger partial charge in [-0.2, -0.15) is 4.72 Å². The van der Waals surface area contributed by atoms with Crippen LogP contribution < -0.4 is 14.8 Å². The molecule has 0 aromatic heterocycles. The maximum Gasteiger partial charge on any atom is 0.345 e. The van der Waals surface area contributed by atoms with Gasteiger partial charge in [0.1, 0.15) is 23.1 Å². The Morgan fingerprint density at radius 1 is 0.811 bits per heavy atom. The van der Waals surface area contributed by atoms with E-state index >= 15 is 0 Å². The van der Waals surface area contributed by atoms with Crippen LogP contribution in [0.2, 0.25) is 0 Å². The van der Waals surface area contributed by atoms with Crippen LogP contribution in [0.25, 0.3) is 0 Å². The molecule has 0 heterocycles. The van der Waals surface area contributed by atoms with Gasteiger partial charge in [0.15, 0.2) is 0 Å². The van der Waals surface area contributed by atoms with Crippen LogP contribution in [0.5, 0.6) is 11.5 Å². The molecule has 1 atom stereocenters. The number of hydrogen-bond donors (Lipinski definition) is 3. The standard InChI is InChI=1S/C41H56F2N2O7S/c1-4-5-6-7-8-9-10-11-12-13-17-31-22-26-34(27-23-31)53(49,50)45-35(30-32-20-24-33(25-21-32)41(2,42)43)39(47)44-28-14-15-29-52-37-19-16-18-36(46)38(37)40(48)51-3/h16,18-27,35,45-46H,4-15,17,28-30H2,1-3H3,(H,44,47). The van der Waals surface area contributed by atoms with Crippen LogP contribution in [-0.2, 0) is 38.3 Å². The normalized spacial score (nSPS) is 12.3. The number of benzene rings is 3. The number of nitrogens with one attached hydrogen (secondary N) is 2. The van der Waals surface area contributed by atoms with Crippen molar-refractivity contribution < 1.29 is 41.4 Å². The number of carbonyl (C=O) groups excluding carboxylic acids is 2. The first-order valence-corrected chi connectivity index (χ1v) is 20.2. The first kappa shape index (κ1) is 43.4. The summed E-state index contributed by atoms with van der Waals surface area (Å²) in [6.07, 6.45) is 14.1. The summed E-state index contributed by atoms with van der Waals surface area (Å²) < 4.78 is 67.5. The molecule has 9 nitrogen and oxygen atoms in total. The second-order valence-corrected chi connectivity index (χ2v) is 15.2. The lowest BCUT2D eigenvalue weighted by atomic mass is 10.0. The monoisotopic (exact) mass is 758 g/mol. The van der Waals surface area contributed by atoms with Crippen molar-refractivity contribution in [1.29, 1.82) is 0 Å². The van der Waals surface area contributed by atoms with Gasteiger partial charge in [-0.3, -0.25) is 4.79 Å². The van der Waals surface area contributed by atoms with E-state index in [-0.39, 0.29) is 47.1 Å². The fourth-order valence-corrected chi connectivity index (χ4v) is 7.15. The number of aromatic hydroxyl groups is 1. The zero-order valence-electron chi connectivity index (χ0n) is 31.3. The summed E-state index contributed by atoms with van der Waals surface area (Å²) in [6, 6.07) is 15.3. The van der Waals surface area contributed by atoms with E-state index in [0.717, 1.165) is 31.7 Å². The van der Waals surface area contributed by atoms with Crippen LogP contribution in [0.1, 0.15) is 118 Å². The Labute approximate surface area is 313 Å². The quantitative estimate of drug-likeness (QED) is 0.0583. The fourth-order valence-electron chi connectivity index (χ4n) is 5.96. The number of phenolic OH excluding ortho intramolecular Hbond substituents is 1. The van der Waals surface area contributed by atoms with Gasteiger partial charge >= 0.3 is 5.97 Å². The lowest BCUT2D eigenvalue weighted by Crippen LogP contribution is -2.48. The summed E-state index contributed by atoms with van der Waals surface area (Å²) >= 11 is 0. The predicted molar refractivity (Wildman–Crippen MR) is 203 cm³/mol. The highest BCUT2D eigenvalue weighted by molar-refractivity contribution is 7.89. The second kappa shape index (κ2) is 22.2. The molecule has 0 aliphatic rings. The van der Waals surface area contributed by atoms with Crippen molar-refractivity contribution in [2.75, 3.05) is 20.3 Å². The van der Waals surface area contributed by atoms with Gasteiger partial charge in [0, 0.05) is 19.0 Å². The minimum Gasteiger partial charge on any atom is -0.507 e. The molecule has 0 aliphatic heterocycles. The Hall–Kier alpha value is -4.03. The molecule has 292 valence electrons. The molecular formula is C41H56F2N2O7S. The van der Waals surface area contributed by atoms with Crippen LogP contribution in [0.3, 0.4) is 0 Å². The van der Waals surface area contributed by atoms with Crippen molar-refractivity contribution in [3.05, 3.63) is 89.0 Å². The number of alkyl halides is 2. The number of methoxy groups -OCH3 is 1. The number of ether oxygens (including phenoxy) is 2. The van der Waals surface area contributed by atoms with Gasteiger partial charge in [0.25, 0.3) is 5.92 Å². The number of rotatable bonds is 25. The van der Waals surface area contributed by atoms with E-state index in [9.17, 15) is 31.9 Å². The number of halogens is 2. The molecule has 1 amide bonds. The lowest BCUT2D eigenvalue weighted by Gasteiger charge is -2.19. The Morgan fingerprint density at radius 3 is 2.02 bits per heavy atom. The summed E-state index contributed by atoms with van der Waals surface area (Å²) in [5.41, 5.74) is 1.28. The molecule has 0 bridgehead atoms. The largest absolute Gasteiger partial charge is 0.507 e. The van der Waals surface area contributed by atoms with Crippen molar-refractivity contribution in [3.63, 3.8) is 0 Å². The summed E-state index contributed by atoms with van der Waals surface area (Å²) in [4.78, 5) is 25.4. The Morgan fingerprint density at radius 2 is 1.42 bits per heavy atom. The molecule has 0 fully saturated rings. The van der Waals surface area contributed by atoms with Crippen LogP contribution in [-0.4, -0.2) is 51.7 Å². The van der Waals surface area contributed by atoms with E-state index in [1.165, 1.54) is 101 Å². The number of amides is 1. The topological polar surface area (TPSA) is 131 Å². The number of carbonyl (C=O) groups is 2. The lowest BCUT2D eigenvalue weighted by molar-refractivity contribution is -0.122. The molecule has 3 aromatic carbocycles. The number of esters is 1. The highest BCUT2D eigenvalue weighted by atomic mass is 32.2. The maximum absolute atomic E-state index is 13.8. The molecule has 3 rings (SSSR count). The zero-order chi connectivity index (χ0) is 38.7. The molecule has 0 radical (unpaired) electrons. The van der Waals surface area contributed by atoms with Gasteiger partial charge in [-0.25, -0.2) is 22.0 Å². The summed E-state index contributed by atoms with van der Waals surface area (Å²) in [5, 5.41) is 12.8. The van der Waals surface area contributed by atoms with Crippen LogP contribution in [0.15, 0.2) is 71.6 Å².